The molecule has 1 saturated heterocycles. The third-order valence-corrected chi connectivity index (χ3v) is 5.68. The molecular formula is C23H35N3O5. The summed E-state index contributed by atoms with van der Waals surface area (Å²) in [7, 11) is 0. The summed E-state index contributed by atoms with van der Waals surface area (Å²) in [6, 6.07) is 8.86. The molecular weight excluding hydrogens is 398 g/mol. The van der Waals surface area contributed by atoms with E-state index in [1.807, 2.05) is 12.1 Å². The Morgan fingerprint density at radius 2 is 1.39 bits per heavy atom. The first kappa shape index (κ1) is 24.8. The van der Waals surface area contributed by atoms with Crippen LogP contribution < -0.4 is 10.6 Å². The maximum atomic E-state index is 12.2. The number of carboxylic acids is 2. The van der Waals surface area contributed by atoms with Crippen molar-refractivity contribution in [2.75, 3.05) is 25.0 Å². The lowest BCUT2D eigenvalue weighted by Gasteiger charge is -2.26. The van der Waals surface area contributed by atoms with E-state index in [0.717, 1.165) is 12.2 Å². The molecule has 1 heterocycles. The summed E-state index contributed by atoms with van der Waals surface area (Å²) in [5.41, 5.74) is 2.23. The number of hydrogen-bond acceptors (Lipinski definition) is 5. The van der Waals surface area contributed by atoms with Gasteiger partial charge in [-0.15, -0.1) is 0 Å². The Morgan fingerprint density at radius 3 is 1.94 bits per heavy atom. The number of likely N-dealkylation sites (tertiary alicyclic amines) is 1. The molecule has 1 aromatic rings. The highest BCUT2D eigenvalue weighted by Gasteiger charge is 2.13. The van der Waals surface area contributed by atoms with Gasteiger partial charge in [-0.05, 0) is 56.5 Å². The number of piperidine rings is 1. The summed E-state index contributed by atoms with van der Waals surface area (Å²) in [6.45, 7) is 3.87. The van der Waals surface area contributed by atoms with Gasteiger partial charge in [0.25, 0.3) is 0 Å². The topological polar surface area (TPSA) is 119 Å². The van der Waals surface area contributed by atoms with Crippen LogP contribution >= 0.6 is 0 Å². The minimum Gasteiger partial charge on any atom is -0.473 e. The lowest BCUT2D eigenvalue weighted by atomic mass is 10.1. The van der Waals surface area contributed by atoms with Crippen LogP contribution in [-0.4, -0.2) is 58.6 Å². The predicted molar refractivity (Wildman–Crippen MR) is 119 cm³/mol. The van der Waals surface area contributed by atoms with E-state index in [9.17, 15) is 4.79 Å². The zero-order chi connectivity index (χ0) is 22.5. The SMILES string of the molecule is O=C(CNC1CCCCCC1)Nc1ccc(CN2CCCCC2)cc1.O=C(O)C(=O)O. The van der Waals surface area contributed by atoms with E-state index < -0.39 is 11.9 Å². The van der Waals surface area contributed by atoms with Crippen LogP contribution in [0.15, 0.2) is 24.3 Å². The Hall–Kier alpha value is -2.45. The van der Waals surface area contributed by atoms with Gasteiger partial charge in [-0.1, -0.05) is 44.2 Å². The summed E-state index contributed by atoms with van der Waals surface area (Å²) < 4.78 is 0. The van der Waals surface area contributed by atoms with Crippen LogP contribution in [0.4, 0.5) is 5.69 Å². The molecule has 172 valence electrons. The molecule has 0 aromatic heterocycles. The van der Waals surface area contributed by atoms with Crippen LogP contribution in [-0.2, 0) is 20.9 Å². The highest BCUT2D eigenvalue weighted by molar-refractivity contribution is 6.27. The summed E-state index contributed by atoms with van der Waals surface area (Å²) in [4.78, 5) is 32.9. The number of rotatable bonds is 6. The molecule has 8 heteroatoms. The molecule has 0 atom stereocenters. The van der Waals surface area contributed by atoms with Crippen molar-refractivity contribution >= 4 is 23.5 Å². The average molecular weight is 434 g/mol. The van der Waals surface area contributed by atoms with E-state index in [0.29, 0.717) is 12.6 Å². The quantitative estimate of drug-likeness (QED) is 0.402. The zero-order valence-electron chi connectivity index (χ0n) is 18.1. The molecule has 1 aliphatic carbocycles. The minimum atomic E-state index is -1.82. The molecule has 0 bridgehead atoms. The number of carbonyl (C=O) groups is 3. The zero-order valence-corrected chi connectivity index (χ0v) is 18.1. The van der Waals surface area contributed by atoms with Gasteiger partial charge in [-0.3, -0.25) is 9.69 Å². The van der Waals surface area contributed by atoms with Crippen LogP contribution in [0.2, 0.25) is 0 Å². The molecule has 1 saturated carbocycles. The largest absolute Gasteiger partial charge is 0.473 e. The molecule has 1 amide bonds. The fraction of sp³-hybridized carbons (Fsp3) is 0.609. The molecule has 0 spiro atoms. The van der Waals surface area contributed by atoms with Gasteiger partial charge in [0.05, 0.1) is 6.54 Å². The van der Waals surface area contributed by atoms with Gasteiger partial charge in [-0.2, -0.15) is 0 Å². The number of benzene rings is 1. The Labute approximate surface area is 184 Å². The van der Waals surface area contributed by atoms with E-state index in [1.54, 1.807) is 0 Å². The first-order chi connectivity index (χ1) is 14.9. The van der Waals surface area contributed by atoms with E-state index in [1.165, 1.54) is 76.4 Å². The van der Waals surface area contributed by atoms with Crippen LogP contribution in [0.1, 0.15) is 63.4 Å². The maximum absolute atomic E-state index is 12.2. The minimum absolute atomic E-state index is 0.0630. The highest BCUT2D eigenvalue weighted by Crippen LogP contribution is 2.17. The Morgan fingerprint density at radius 1 is 0.839 bits per heavy atom. The van der Waals surface area contributed by atoms with Gasteiger partial charge in [0.1, 0.15) is 0 Å². The van der Waals surface area contributed by atoms with Gasteiger partial charge in [-0.25, -0.2) is 9.59 Å². The van der Waals surface area contributed by atoms with Crippen molar-refractivity contribution in [1.29, 1.82) is 0 Å². The molecule has 0 radical (unpaired) electrons. The van der Waals surface area contributed by atoms with Crippen molar-refractivity contribution in [3.8, 4) is 0 Å². The van der Waals surface area contributed by atoms with Crippen LogP contribution in [0.5, 0.6) is 0 Å². The fourth-order valence-corrected chi connectivity index (χ4v) is 3.99. The average Bonchev–Trinajstić information content (AvgIpc) is 3.04. The molecule has 1 aliphatic heterocycles. The maximum Gasteiger partial charge on any atom is 0.414 e. The van der Waals surface area contributed by atoms with E-state index >= 15 is 0 Å². The van der Waals surface area contributed by atoms with E-state index in [-0.39, 0.29) is 5.91 Å². The van der Waals surface area contributed by atoms with E-state index in [2.05, 4.69) is 27.7 Å². The van der Waals surface area contributed by atoms with E-state index in [4.69, 9.17) is 19.8 Å². The van der Waals surface area contributed by atoms with Crippen LogP contribution in [0.25, 0.3) is 0 Å². The normalized spacial score (nSPS) is 17.7. The van der Waals surface area contributed by atoms with Crippen molar-refractivity contribution in [2.24, 2.45) is 0 Å². The van der Waals surface area contributed by atoms with Gasteiger partial charge in [0.15, 0.2) is 0 Å². The molecule has 8 nitrogen and oxygen atoms in total. The monoisotopic (exact) mass is 433 g/mol. The summed E-state index contributed by atoms with van der Waals surface area (Å²) in [5, 5.41) is 21.2. The summed E-state index contributed by atoms with van der Waals surface area (Å²) in [5.74, 6) is -3.59. The number of hydrogen-bond donors (Lipinski definition) is 4. The molecule has 3 rings (SSSR count). The van der Waals surface area contributed by atoms with Crippen molar-refractivity contribution in [3.05, 3.63) is 29.8 Å². The standard InChI is InChI=1S/C21H33N3O.C2H2O4/c25-21(16-22-19-8-4-1-2-5-9-19)23-20-12-10-18(11-13-20)17-24-14-6-3-7-15-24;3-1(4)2(5)6/h10-13,19,22H,1-9,14-17H2,(H,23,25);(H,3,4)(H,5,6). The van der Waals surface area contributed by atoms with Gasteiger partial charge in [0.2, 0.25) is 5.91 Å². The van der Waals surface area contributed by atoms with Gasteiger partial charge >= 0.3 is 11.9 Å². The molecule has 31 heavy (non-hydrogen) atoms. The number of anilines is 1. The second-order valence-corrected chi connectivity index (χ2v) is 8.26. The van der Waals surface area contributed by atoms with Gasteiger partial charge in [0, 0.05) is 18.3 Å². The Balaban J connectivity index is 0.000000501. The third kappa shape index (κ3) is 10.4. The molecule has 4 N–H and O–H groups in total. The van der Waals surface area contributed by atoms with Gasteiger partial charge < -0.3 is 20.8 Å². The fourth-order valence-electron chi connectivity index (χ4n) is 3.99. The highest BCUT2D eigenvalue weighted by atomic mass is 16.4. The number of nitrogens with zero attached hydrogens (tertiary/aromatic N) is 1. The number of carboxylic acid groups (broad SMARTS) is 2. The smallest absolute Gasteiger partial charge is 0.414 e. The second-order valence-electron chi connectivity index (χ2n) is 8.26. The first-order valence-electron chi connectivity index (χ1n) is 11.2. The summed E-state index contributed by atoms with van der Waals surface area (Å²) in [6.07, 6.45) is 11.7. The van der Waals surface area contributed by atoms with Crippen molar-refractivity contribution in [3.63, 3.8) is 0 Å². The lowest BCUT2D eigenvalue weighted by Crippen LogP contribution is -2.35. The number of amides is 1. The third-order valence-electron chi connectivity index (χ3n) is 5.68. The predicted octanol–water partition coefficient (Wildman–Crippen LogP) is 3.08. The Kier molecular flexibility index (Phi) is 11.0. The van der Waals surface area contributed by atoms with Crippen LogP contribution in [0.3, 0.4) is 0 Å². The molecule has 2 aliphatic rings. The second kappa shape index (κ2) is 13.8. The Bertz CT molecular complexity index is 682. The molecule has 1 aromatic carbocycles. The number of nitrogens with one attached hydrogen (secondary N) is 2. The number of aliphatic carboxylic acids is 2. The first-order valence-corrected chi connectivity index (χ1v) is 11.2. The van der Waals surface area contributed by atoms with Crippen molar-refractivity contribution in [2.45, 2.75) is 70.4 Å². The molecule has 0 unspecified atom stereocenters. The van der Waals surface area contributed by atoms with Crippen LogP contribution in [0, 0.1) is 0 Å². The summed E-state index contributed by atoms with van der Waals surface area (Å²) >= 11 is 0. The van der Waals surface area contributed by atoms with Crippen molar-refractivity contribution < 1.29 is 24.6 Å². The lowest BCUT2D eigenvalue weighted by molar-refractivity contribution is -0.159. The van der Waals surface area contributed by atoms with Crippen molar-refractivity contribution in [1.82, 2.24) is 10.2 Å². The molecule has 2 fully saturated rings. The number of carbonyl (C=O) groups excluding carboxylic acids is 1.